The predicted octanol–water partition coefficient (Wildman–Crippen LogP) is 2.82. The van der Waals surface area contributed by atoms with Gasteiger partial charge in [-0.3, -0.25) is 4.79 Å². The van der Waals surface area contributed by atoms with Crippen LogP contribution < -0.4 is 4.74 Å². The lowest BCUT2D eigenvalue weighted by molar-refractivity contribution is 0.101. The number of rotatable bonds is 5. The number of imidazole rings is 1. The second kappa shape index (κ2) is 5.65. The Morgan fingerprint density at radius 1 is 1.47 bits per heavy atom. The van der Waals surface area contributed by atoms with Gasteiger partial charge in [0.1, 0.15) is 12.4 Å². The van der Waals surface area contributed by atoms with Crippen LogP contribution in [0.3, 0.4) is 0 Å². The number of aromatic nitrogens is 2. The number of benzene rings is 1. The third-order valence-corrected chi connectivity index (χ3v) is 2.84. The molecule has 19 heavy (non-hydrogen) atoms. The molecular formula is C14H15FN2O2. The van der Waals surface area contributed by atoms with Gasteiger partial charge in [-0.25, -0.2) is 9.37 Å². The molecule has 4 nitrogen and oxygen atoms in total. The molecule has 1 aromatic carbocycles. The highest BCUT2D eigenvalue weighted by Gasteiger charge is 2.09. The van der Waals surface area contributed by atoms with Crippen molar-refractivity contribution in [2.75, 3.05) is 0 Å². The van der Waals surface area contributed by atoms with Crippen molar-refractivity contribution in [3.05, 3.63) is 47.8 Å². The second-order valence-corrected chi connectivity index (χ2v) is 4.12. The predicted molar refractivity (Wildman–Crippen MR) is 68.6 cm³/mol. The SMILES string of the molecule is CCn1ccnc1COc1ccc(C(C)=O)cc1F. The number of nitrogens with zero attached hydrogens (tertiary/aromatic N) is 2. The van der Waals surface area contributed by atoms with Crippen LogP contribution in [-0.4, -0.2) is 15.3 Å². The number of carbonyl (C=O) groups excluding carboxylic acids is 1. The molecule has 0 saturated heterocycles. The normalized spacial score (nSPS) is 10.5. The number of Topliss-reactive ketones (excluding diaryl/α,β-unsaturated/α-hetero) is 1. The molecule has 5 heteroatoms. The fourth-order valence-electron chi connectivity index (χ4n) is 1.75. The van der Waals surface area contributed by atoms with Crippen LogP contribution >= 0.6 is 0 Å². The van der Waals surface area contributed by atoms with Gasteiger partial charge < -0.3 is 9.30 Å². The van der Waals surface area contributed by atoms with Gasteiger partial charge in [-0.1, -0.05) is 0 Å². The molecule has 1 aromatic heterocycles. The summed E-state index contributed by atoms with van der Waals surface area (Å²) in [6, 6.07) is 4.20. The first-order chi connectivity index (χ1) is 9.11. The molecule has 0 aliphatic heterocycles. The van der Waals surface area contributed by atoms with Gasteiger partial charge in [-0.15, -0.1) is 0 Å². The van der Waals surface area contributed by atoms with E-state index in [-0.39, 0.29) is 18.1 Å². The lowest BCUT2D eigenvalue weighted by atomic mass is 10.1. The minimum atomic E-state index is -0.540. The molecule has 0 unspecified atom stereocenters. The van der Waals surface area contributed by atoms with Crippen molar-refractivity contribution in [2.45, 2.75) is 27.0 Å². The van der Waals surface area contributed by atoms with Gasteiger partial charge in [0, 0.05) is 24.5 Å². The Balaban J connectivity index is 2.10. The van der Waals surface area contributed by atoms with E-state index in [2.05, 4.69) is 4.98 Å². The van der Waals surface area contributed by atoms with E-state index < -0.39 is 5.82 Å². The Morgan fingerprint density at radius 3 is 2.89 bits per heavy atom. The van der Waals surface area contributed by atoms with Crippen molar-refractivity contribution in [1.29, 1.82) is 0 Å². The van der Waals surface area contributed by atoms with Gasteiger partial charge in [-0.05, 0) is 32.0 Å². The molecule has 2 rings (SSSR count). The quantitative estimate of drug-likeness (QED) is 0.778. The third-order valence-electron chi connectivity index (χ3n) is 2.84. The highest BCUT2D eigenvalue weighted by atomic mass is 19.1. The van der Waals surface area contributed by atoms with Crippen LogP contribution in [-0.2, 0) is 13.2 Å². The number of ether oxygens (including phenoxy) is 1. The summed E-state index contributed by atoms with van der Waals surface area (Å²) in [5, 5.41) is 0. The van der Waals surface area contributed by atoms with Crippen LogP contribution in [0, 0.1) is 5.82 Å². The lowest BCUT2D eigenvalue weighted by Gasteiger charge is -2.09. The standard InChI is InChI=1S/C14H15FN2O2/c1-3-17-7-6-16-14(17)9-19-13-5-4-11(10(2)18)8-12(13)15/h4-8H,3,9H2,1-2H3. The fourth-order valence-corrected chi connectivity index (χ4v) is 1.75. The number of halogens is 1. The number of hydrogen-bond donors (Lipinski definition) is 0. The van der Waals surface area contributed by atoms with Crippen LogP contribution in [0.15, 0.2) is 30.6 Å². The summed E-state index contributed by atoms with van der Waals surface area (Å²) in [7, 11) is 0. The first-order valence-electron chi connectivity index (χ1n) is 6.05. The molecule has 0 amide bonds. The van der Waals surface area contributed by atoms with Crippen molar-refractivity contribution >= 4 is 5.78 Å². The maximum atomic E-state index is 13.7. The minimum absolute atomic E-state index is 0.121. The Kier molecular flexibility index (Phi) is 3.94. The third kappa shape index (κ3) is 2.99. The van der Waals surface area contributed by atoms with Gasteiger partial charge in [0.25, 0.3) is 0 Å². The van der Waals surface area contributed by atoms with Crippen molar-refractivity contribution in [1.82, 2.24) is 9.55 Å². The van der Waals surface area contributed by atoms with Gasteiger partial charge in [0.15, 0.2) is 17.3 Å². The van der Waals surface area contributed by atoms with E-state index in [1.54, 1.807) is 12.3 Å². The average Bonchev–Trinajstić information content (AvgIpc) is 2.84. The van der Waals surface area contributed by atoms with Crippen molar-refractivity contribution in [2.24, 2.45) is 0 Å². The van der Waals surface area contributed by atoms with E-state index in [0.717, 1.165) is 12.4 Å². The summed E-state index contributed by atoms with van der Waals surface area (Å²) < 4.78 is 21.0. The molecule has 0 aliphatic carbocycles. The van der Waals surface area contributed by atoms with Crippen molar-refractivity contribution < 1.29 is 13.9 Å². The first-order valence-corrected chi connectivity index (χ1v) is 6.05. The topological polar surface area (TPSA) is 44.1 Å². The van der Waals surface area contributed by atoms with Crippen LogP contribution in [0.5, 0.6) is 5.75 Å². The molecule has 0 spiro atoms. The summed E-state index contributed by atoms with van der Waals surface area (Å²) in [6.45, 7) is 4.36. The van der Waals surface area contributed by atoms with Crippen LogP contribution in [0.4, 0.5) is 4.39 Å². The molecule has 0 bridgehead atoms. The molecular weight excluding hydrogens is 247 g/mol. The van der Waals surface area contributed by atoms with E-state index in [1.807, 2.05) is 17.7 Å². The van der Waals surface area contributed by atoms with Crippen LogP contribution in [0.25, 0.3) is 0 Å². The number of hydrogen-bond acceptors (Lipinski definition) is 3. The monoisotopic (exact) mass is 262 g/mol. The Hall–Kier alpha value is -2.17. The zero-order valence-electron chi connectivity index (χ0n) is 10.9. The summed E-state index contributed by atoms with van der Waals surface area (Å²) >= 11 is 0. The van der Waals surface area contributed by atoms with E-state index in [0.29, 0.717) is 5.56 Å². The Labute approximate surface area is 110 Å². The average molecular weight is 262 g/mol. The molecule has 0 N–H and O–H groups in total. The Bertz CT molecular complexity index is 593. The summed E-state index contributed by atoms with van der Waals surface area (Å²) in [4.78, 5) is 15.3. The molecule has 100 valence electrons. The van der Waals surface area contributed by atoms with E-state index >= 15 is 0 Å². The largest absolute Gasteiger partial charge is 0.483 e. The number of aryl methyl sites for hydroxylation is 1. The lowest BCUT2D eigenvalue weighted by Crippen LogP contribution is -2.06. The van der Waals surface area contributed by atoms with Crippen molar-refractivity contribution in [3.8, 4) is 5.75 Å². The molecule has 0 fully saturated rings. The smallest absolute Gasteiger partial charge is 0.165 e. The molecule has 0 atom stereocenters. The zero-order valence-corrected chi connectivity index (χ0v) is 10.9. The molecule has 0 radical (unpaired) electrons. The van der Waals surface area contributed by atoms with E-state index in [4.69, 9.17) is 4.74 Å². The molecule has 0 saturated carbocycles. The fraction of sp³-hybridized carbons (Fsp3) is 0.286. The second-order valence-electron chi connectivity index (χ2n) is 4.12. The minimum Gasteiger partial charge on any atom is -0.483 e. The number of carbonyl (C=O) groups is 1. The van der Waals surface area contributed by atoms with Gasteiger partial charge in [-0.2, -0.15) is 0 Å². The van der Waals surface area contributed by atoms with Gasteiger partial charge >= 0.3 is 0 Å². The van der Waals surface area contributed by atoms with Gasteiger partial charge in [0.05, 0.1) is 0 Å². The highest BCUT2D eigenvalue weighted by Crippen LogP contribution is 2.19. The van der Waals surface area contributed by atoms with Crippen molar-refractivity contribution in [3.63, 3.8) is 0 Å². The van der Waals surface area contributed by atoms with Crippen LogP contribution in [0.1, 0.15) is 30.0 Å². The summed E-state index contributed by atoms with van der Waals surface area (Å²) in [6.07, 6.45) is 3.52. The maximum absolute atomic E-state index is 13.7. The first kappa shape index (κ1) is 13.3. The van der Waals surface area contributed by atoms with Crippen LogP contribution in [0.2, 0.25) is 0 Å². The van der Waals surface area contributed by atoms with Gasteiger partial charge in [0.2, 0.25) is 0 Å². The van der Waals surface area contributed by atoms with E-state index in [1.165, 1.54) is 19.1 Å². The van der Waals surface area contributed by atoms with E-state index in [9.17, 15) is 9.18 Å². The summed E-state index contributed by atoms with van der Waals surface area (Å²) in [5.41, 5.74) is 0.333. The Morgan fingerprint density at radius 2 is 2.26 bits per heavy atom. The molecule has 1 heterocycles. The molecule has 0 aliphatic rings. The highest BCUT2D eigenvalue weighted by molar-refractivity contribution is 5.94. The zero-order chi connectivity index (χ0) is 13.8. The number of ketones is 1. The molecule has 2 aromatic rings. The maximum Gasteiger partial charge on any atom is 0.165 e. The summed E-state index contributed by atoms with van der Waals surface area (Å²) in [5.74, 6) is 0.141.